The van der Waals surface area contributed by atoms with Crippen molar-refractivity contribution < 1.29 is 4.74 Å². The number of halogens is 1. The molecule has 1 N–H and O–H groups in total. The van der Waals surface area contributed by atoms with E-state index in [0.717, 1.165) is 17.5 Å². The topological polar surface area (TPSA) is 21.3 Å². The molecule has 0 aliphatic carbocycles. The van der Waals surface area contributed by atoms with Gasteiger partial charge in [0.1, 0.15) is 0 Å². The fourth-order valence-electron chi connectivity index (χ4n) is 2.21. The van der Waals surface area contributed by atoms with E-state index in [9.17, 15) is 0 Å². The molecule has 1 aromatic carbocycles. The van der Waals surface area contributed by atoms with Crippen LogP contribution in [0.15, 0.2) is 16.6 Å². The molecule has 0 spiro atoms. The molecular weight excluding hydrogens is 266 g/mol. The van der Waals surface area contributed by atoms with Crippen molar-refractivity contribution in [1.82, 2.24) is 0 Å². The van der Waals surface area contributed by atoms with Crippen LogP contribution in [0.25, 0.3) is 0 Å². The van der Waals surface area contributed by atoms with Crippen LogP contribution in [0, 0.1) is 13.8 Å². The summed E-state index contributed by atoms with van der Waals surface area (Å²) in [6, 6.07) is 4.78. The Morgan fingerprint density at radius 3 is 2.69 bits per heavy atom. The van der Waals surface area contributed by atoms with Crippen LogP contribution in [0.2, 0.25) is 0 Å². The van der Waals surface area contributed by atoms with Crippen molar-refractivity contribution in [2.75, 3.05) is 11.9 Å². The van der Waals surface area contributed by atoms with Gasteiger partial charge in [-0.25, -0.2) is 0 Å². The molecule has 2 atom stereocenters. The normalized spacial score (nSPS) is 24.8. The minimum atomic E-state index is 0.299. The number of ether oxygens (including phenoxy) is 1. The second-order valence-corrected chi connectivity index (χ2v) is 5.41. The van der Waals surface area contributed by atoms with E-state index in [1.165, 1.54) is 16.8 Å². The first-order chi connectivity index (χ1) is 7.58. The van der Waals surface area contributed by atoms with Gasteiger partial charge in [-0.05, 0) is 60.3 Å². The minimum Gasteiger partial charge on any atom is -0.378 e. The highest BCUT2D eigenvalue weighted by molar-refractivity contribution is 9.10. The van der Waals surface area contributed by atoms with Crippen LogP contribution in [0.5, 0.6) is 0 Å². The van der Waals surface area contributed by atoms with E-state index in [2.05, 4.69) is 54.2 Å². The van der Waals surface area contributed by atoms with Gasteiger partial charge in [0.05, 0.1) is 17.8 Å². The number of nitrogens with one attached hydrogen (secondary N) is 1. The maximum Gasteiger partial charge on any atom is 0.0748 e. The monoisotopic (exact) mass is 283 g/mol. The summed E-state index contributed by atoms with van der Waals surface area (Å²) in [6.45, 7) is 7.24. The number of rotatable bonds is 2. The van der Waals surface area contributed by atoms with Gasteiger partial charge >= 0.3 is 0 Å². The van der Waals surface area contributed by atoms with Gasteiger partial charge in [-0.1, -0.05) is 6.07 Å². The van der Waals surface area contributed by atoms with E-state index in [0.29, 0.717) is 12.1 Å². The van der Waals surface area contributed by atoms with Crippen LogP contribution in [-0.4, -0.2) is 18.8 Å². The zero-order valence-electron chi connectivity index (χ0n) is 10.0. The van der Waals surface area contributed by atoms with Gasteiger partial charge in [0, 0.05) is 11.1 Å². The molecule has 3 heteroatoms. The molecule has 1 heterocycles. The molecule has 2 unspecified atom stereocenters. The summed E-state index contributed by atoms with van der Waals surface area (Å²) >= 11 is 3.62. The van der Waals surface area contributed by atoms with Crippen molar-refractivity contribution in [2.24, 2.45) is 0 Å². The van der Waals surface area contributed by atoms with Gasteiger partial charge in [0.2, 0.25) is 0 Å². The predicted molar refractivity (Wildman–Crippen MR) is 71.1 cm³/mol. The Hall–Kier alpha value is -0.540. The Kier molecular flexibility index (Phi) is 3.55. The van der Waals surface area contributed by atoms with E-state index >= 15 is 0 Å². The van der Waals surface area contributed by atoms with Gasteiger partial charge in [-0.3, -0.25) is 0 Å². The van der Waals surface area contributed by atoms with Gasteiger partial charge in [-0.2, -0.15) is 0 Å². The summed E-state index contributed by atoms with van der Waals surface area (Å²) < 4.78 is 6.71. The van der Waals surface area contributed by atoms with Gasteiger partial charge in [-0.15, -0.1) is 0 Å². The molecule has 2 nitrogen and oxygen atoms in total. The van der Waals surface area contributed by atoms with Crippen LogP contribution in [-0.2, 0) is 4.74 Å². The summed E-state index contributed by atoms with van der Waals surface area (Å²) in [5.74, 6) is 0. The maximum atomic E-state index is 5.56. The van der Waals surface area contributed by atoms with Gasteiger partial charge in [0.15, 0.2) is 0 Å². The largest absolute Gasteiger partial charge is 0.378 e. The summed E-state index contributed by atoms with van der Waals surface area (Å²) in [5, 5.41) is 3.58. The lowest BCUT2D eigenvalue weighted by Crippen LogP contribution is -2.27. The molecule has 1 aliphatic rings. The lowest BCUT2D eigenvalue weighted by molar-refractivity contribution is 0.121. The van der Waals surface area contributed by atoms with Gasteiger partial charge in [0.25, 0.3) is 0 Å². The van der Waals surface area contributed by atoms with Crippen molar-refractivity contribution in [3.05, 3.63) is 27.7 Å². The zero-order chi connectivity index (χ0) is 11.7. The Morgan fingerprint density at radius 1 is 1.38 bits per heavy atom. The Labute approximate surface area is 106 Å². The molecule has 1 fully saturated rings. The number of aryl methyl sites for hydroxylation is 2. The molecule has 0 amide bonds. The smallest absolute Gasteiger partial charge is 0.0748 e. The van der Waals surface area contributed by atoms with E-state index in [1.807, 2.05) is 0 Å². The first-order valence-corrected chi connectivity index (χ1v) is 6.52. The number of anilines is 1. The number of hydrogen-bond acceptors (Lipinski definition) is 2. The predicted octanol–water partition coefficient (Wildman–Crippen LogP) is 3.66. The third-order valence-corrected chi connectivity index (χ3v) is 3.76. The molecule has 1 aliphatic heterocycles. The van der Waals surface area contributed by atoms with Crippen LogP contribution >= 0.6 is 15.9 Å². The summed E-state index contributed by atoms with van der Waals surface area (Å²) in [5.41, 5.74) is 3.77. The molecule has 88 valence electrons. The highest BCUT2D eigenvalue weighted by Crippen LogP contribution is 2.30. The standard InChI is InChI=1S/C13H18BrNO/c1-8-6-9(2)13(11(14)7-8)15-12-4-5-16-10(12)3/h6-7,10,12,15H,4-5H2,1-3H3. The fourth-order valence-corrected chi connectivity index (χ4v) is 2.99. The molecular formula is C13H18BrNO. The van der Waals surface area contributed by atoms with Crippen molar-refractivity contribution >= 4 is 21.6 Å². The Bertz CT molecular complexity index is 369. The van der Waals surface area contributed by atoms with Crippen LogP contribution in [0.1, 0.15) is 24.5 Å². The van der Waals surface area contributed by atoms with E-state index < -0.39 is 0 Å². The number of benzene rings is 1. The van der Waals surface area contributed by atoms with Crippen molar-refractivity contribution in [2.45, 2.75) is 39.3 Å². The highest BCUT2D eigenvalue weighted by atomic mass is 79.9. The third kappa shape index (κ3) is 2.41. The minimum absolute atomic E-state index is 0.299. The molecule has 2 rings (SSSR count). The Morgan fingerprint density at radius 2 is 2.12 bits per heavy atom. The second-order valence-electron chi connectivity index (χ2n) is 4.55. The first-order valence-electron chi connectivity index (χ1n) is 5.73. The van der Waals surface area contributed by atoms with E-state index in [-0.39, 0.29) is 0 Å². The lowest BCUT2D eigenvalue weighted by Gasteiger charge is -2.20. The summed E-state index contributed by atoms with van der Waals surface area (Å²) in [6.07, 6.45) is 1.38. The molecule has 0 radical (unpaired) electrons. The quantitative estimate of drug-likeness (QED) is 0.895. The fraction of sp³-hybridized carbons (Fsp3) is 0.538. The summed E-state index contributed by atoms with van der Waals surface area (Å²) in [7, 11) is 0. The average Bonchev–Trinajstić information content (AvgIpc) is 2.57. The third-order valence-electron chi connectivity index (χ3n) is 3.14. The Balaban J connectivity index is 2.21. The SMILES string of the molecule is Cc1cc(C)c(NC2CCOC2C)c(Br)c1. The average molecular weight is 284 g/mol. The molecule has 1 aromatic rings. The molecule has 0 bridgehead atoms. The van der Waals surface area contributed by atoms with Crippen LogP contribution in [0.4, 0.5) is 5.69 Å². The van der Waals surface area contributed by atoms with Crippen LogP contribution in [0.3, 0.4) is 0 Å². The second kappa shape index (κ2) is 4.76. The molecule has 0 saturated carbocycles. The van der Waals surface area contributed by atoms with Crippen molar-refractivity contribution in [3.63, 3.8) is 0 Å². The van der Waals surface area contributed by atoms with E-state index in [1.54, 1.807) is 0 Å². The van der Waals surface area contributed by atoms with Crippen molar-refractivity contribution in [3.8, 4) is 0 Å². The summed E-state index contributed by atoms with van der Waals surface area (Å²) in [4.78, 5) is 0. The highest BCUT2D eigenvalue weighted by Gasteiger charge is 2.24. The molecule has 1 saturated heterocycles. The molecule has 16 heavy (non-hydrogen) atoms. The zero-order valence-corrected chi connectivity index (χ0v) is 11.6. The van der Waals surface area contributed by atoms with Crippen molar-refractivity contribution in [1.29, 1.82) is 0 Å². The van der Waals surface area contributed by atoms with Gasteiger partial charge < -0.3 is 10.1 Å². The maximum absolute atomic E-state index is 5.56. The van der Waals surface area contributed by atoms with E-state index in [4.69, 9.17) is 4.74 Å². The first kappa shape index (κ1) is 11.9. The number of hydrogen-bond donors (Lipinski definition) is 1. The van der Waals surface area contributed by atoms with Crippen LogP contribution < -0.4 is 5.32 Å². The molecule has 0 aromatic heterocycles. The lowest BCUT2D eigenvalue weighted by atomic mass is 10.1.